The van der Waals surface area contributed by atoms with Gasteiger partial charge in [-0.3, -0.25) is 19.0 Å². The molecule has 4 aromatic rings. The van der Waals surface area contributed by atoms with Gasteiger partial charge in [0.1, 0.15) is 23.4 Å². The van der Waals surface area contributed by atoms with E-state index in [1.165, 1.54) is 22.9 Å². The molecule has 9 rings (SSSR count). The van der Waals surface area contributed by atoms with Crippen molar-refractivity contribution in [3.05, 3.63) is 94.3 Å². The van der Waals surface area contributed by atoms with Crippen LogP contribution in [0.5, 0.6) is 0 Å². The Bertz CT molecular complexity index is 2260. The van der Waals surface area contributed by atoms with Gasteiger partial charge in [0, 0.05) is 30.0 Å². The number of amides is 2. The average molecular weight is 771 g/mol. The first-order chi connectivity index (χ1) is 26.5. The quantitative estimate of drug-likeness (QED) is 0.150. The second-order valence-electron chi connectivity index (χ2n) is 17.1. The van der Waals surface area contributed by atoms with Crippen LogP contribution in [0, 0.1) is 17.3 Å². The van der Waals surface area contributed by atoms with Gasteiger partial charge in [-0.05, 0) is 79.0 Å². The first-order valence-electron chi connectivity index (χ1n) is 19.3. The van der Waals surface area contributed by atoms with Crippen molar-refractivity contribution in [1.29, 1.82) is 0 Å². The van der Waals surface area contributed by atoms with Crippen LogP contribution < -0.4 is 21.5 Å². The van der Waals surface area contributed by atoms with E-state index in [9.17, 15) is 27.6 Å². The van der Waals surface area contributed by atoms with Crippen LogP contribution in [0.25, 0.3) is 10.8 Å². The summed E-state index contributed by atoms with van der Waals surface area (Å²) in [7, 11) is -0.685. The van der Waals surface area contributed by atoms with Crippen LogP contribution in [0.1, 0.15) is 89.7 Å². The standard InChI is InChI=1S/C41H46BF3N6O5/c1-6-31(42-55-33-28-17-26(38(28,2)3)18-40(33,5)56-42)49-35(53)30-19-39(4,20-32(52)50-34-27-13-8-7-11-24(27)14-15-46-34)37-48-22-29(36(54)51(30)37)47-21-23-10-9-12-25(16-23)41(43,44)45/h7-16,22,26,28,30-31,33,47H,6,17-21H2,1-5H3,(H,49,53)(H,46,50,52)/t26?,28?,30-,31-,33?,39-,40-/m0/s1. The highest BCUT2D eigenvalue weighted by atomic mass is 19.4. The molecule has 3 aliphatic carbocycles. The number of aromatic nitrogens is 3. The molecular formula is C41H46BF3N6O5. The molecule has 56 heavy (non-hydrogen) atoms. The molecule has 4 heterocycles. The molecule has 3 unspecified atom stereocenters. The van der Waals surface area contributed by atoms with Crippen LogP contribution in [0.3, 0.4) is 0 Å². The largest absolute Gasteiger partial charge is 0.481 e. The van der Waals surface area contributed by atoms with E-state index in [1.807, 2.05) is 37.3 Å². The average Bonchev–Trinajstić information content (AvgIpc) is 3.67. The molecule has 4 fully saturated rings. The number of fused-ring (bicyclic) bond motifs is 2. The molecule has 2 aromatic heterocycles. The van der Waals surface area contributed by atoms with Crippen molar-refractivity contribution < 1.29 is 32.1 Å². The van der Waals surface area contributed by atoms with E-state index in [2.05, 4.69) is 46.7 Å². The Morgan fingerprint density at radius 2 is 1.84 bits per heavy atom. The fraction of sp³-hybridized carbons (Fsp3) is 0.488. The van der Waals surface area contributed by atoms with E-state index >= 15 is 0 Å². The maximum absolute atomic E-state index is 14.4. The Morgan fingerprint density at radius 1 is 1.05 bits per heavy atom. The van der Waals surface area contributed by atoms with E-state index in [1.54, 1.807) is 13.1 Å². The maximum atomic E-state index is 14.4. The lowest BCUT2D eigenvalue weighted by Gasteiger charge is -2.63. The number of hydrogen-bond acceptors (Lipinski definition) is 8. The van der Waals surface area contributed by atoms with Crippen LogP contribution in [-0.2, 0) is 37.0 Å². The van der Waals surface area contributed by atoms with Crippen molar-refractivity contribution in [1.82, 2.24) is 19.9 Å². The van der Waals surface area contributed by atoms with Crippen molar-refractivity contribution in [2.45, 2.75) is 109 Å². The monoisotopic (exact) mass is 770 g/mol. The summed E-state index contributed by atoms with van der Waals surface area (Å²) in [5.41, 5.74) is -2.44. The maximum Gasteiger partial charge on any atom is 0.481 e. The summed E-state index contributed by atoms with van der Waals surface area (Å²) < 4.78 is 54.8. The Labute approximate surface area is 323 Å². The minimum Gasteiger partial charge on any atom is -0.404 e. The van der Waals surface area contributed by atoms with Crippen LogP contribution in [-0.4, -0.2) is 51.1 Å². The van der Waals surface area contributed by atoms with Crippen LogP contribution in [0.4, 0.5) is 24.7 Å². The molecule has 7 atom stereocenters. The fourth-order valence-corrected chi connectivity index (χ4v) is 9.66. The van der Waals surface area contributed by atoms with Gasteiger partial charge in [0.25, 0.3) is 5.56 Å². The molecule has 0 radical (unpaired) electrons. The Balaban J connectivity index is 1.07. The van der Waals surface area contributed by atoms with E-state index < -0.39 is 53.3 Å². The second kappa shape index (κ2) is 13.7. The summed E-state index contributed by atoms with van der Waals surface area (Å²) in [5.74, 6) is 0.190. The van der Waals surface area contributed by atoms with Crippen molar-refractivity contribution in [2.24, 2.45) is 17.3 Å². The highest BCUT2D eigenvalue weighted by Crippen LogP contribution is 2.64. The minimum atomic E-state index is -4.52. The zero-order chi connectivity index (χ0) is 39.8. The molecule has 2 bridgehead atoms. The van der Waals surface area contributed by atoms with Gasteiger partial charge in [0.2, 0.25) is 11.8 Å². The number of nitrogens with zero attached hydrogens (tertiary/aromatic N) is 3. The third kappa shape index (κ3) is 6.55. The number of hydrogen-bond donors (Lipinski definition) is 3. The van der Waals surface area contributed by atoms with Gasteiger partial charge in [-0.25, -0.2) is 9.97 Å². The van der Waals surface area contributed by atoms with Gasteiger partial charge in [0.15, 0.2) is 0 Å². The molecule has 2 aliphatic heterocycles. The minimum absolute atomic E-state index is 0.00530. The van der Waals surface area contributed by atoms with Crippen LogP contribution in [0.2, 0.25) is 0 Å². The molecule has 15 heteroatoms. The number of halogens is 3. The zero-order valence-corrected chi connectivity index (χ0v) is 32.1. The van der Waals surface area contributed by atoms with Gasteiger partial charge in [-0.1, -0.05) is 64.1 Å². The Morgan fingerprint density at radius 3 is 2.59 bits per heavy atom. The summed E-state index contributed by atoms with van der Waals surface area (Å²) in [6.07, 6.45) is 0.739. The van der Waals surface area contributed by atoms with Gasteiger partial charge >= 0.3 is 13.3 Å². The number of nitrogens with one attached hydrogen (secondary N) is 3. The third-order valence-corrected chi connectivity index (χ3v) is 12.9. The summed E-state index contributed by atoms with van der Waals surface area (Å²) in [4.78, 5) is 51.5. The van der Waals surface area contributed by atoms with Gasteiger partial charge in [0.05, 0.1) is 29.4 Å². The Hall–Kier alpha value is -4.76. The number of carbonyl (C=O) groups excluding carboxylic acids is 2. The normalized spacial score (nSPS) is 27.9. The summed E-state index contributed by atoms with van der Waals surface area (Å²) in [6, 6.07) is 13.1. The lowest BCUT2D eigenvalue weighted by atomic mass is 9.45. The van der Waals surface area contributed by atoms with E-state index in [4.69, 9.17) is 9.31 Å². The summed E-state index contributed by atoms with van der Waals surface area (Å²) >= 11 is 0. The highest BCUT2D eigenvalue weighted by molar-refractivity contribution is 6.47. The van der Waals surface area contributed by atoms with Crippen LogP contribution in [0.15, 0.2) is 71.8 Å². The predicted octanol–water partition coefficient (Wildman–Crippen LogP) is 6.82. The summed E-state index contributed by atoms with van der Waals surface area (Å²) in [5, 5.41) is 10.7. The smallest absolute Gasteiger partial charge is 0.404 e. The Kier molecular flexibility index (Phi) is 9.34. The molecule has 2 amide bonds. The van der Waals surface area contributed by atoms with E-state index in [0.29, 0.717) is 29.6 Å². The number of carbonyl (C=O) groups is 2. The third-order valence-electron chi connectivity index (χ3n) is 12.9. The number of alkyl halides is 3. The first kappa shape index (κ1) is 38.1. The van der Waals surface area contributed by atoms with Gasteiger partial charge in [-0.15, -0.1) is 0 Å². The van der Waals surface area contributed by atoms with Gasteiger partial charge in [-0.2, -0.15) is 13.2 Å². The first-order valence-corrected chi connectivity index (χ1v) is 19.3. The van der Waals surface area contributed by atoms with Gasteiger partial charge < -0.3 is 25.3 Å². The topological polar surface area (TPSA) is 136 Å². The molecule has 3 N–H and O–H groups in total. The number of rotatable bonds is 10. The molecule has 3 saturated carbocycles. The molecule has 294 valence electrons. The number of benzene rings is 2. The number of anilines is 2. The lowest BCUT2D eigenvalue weighted by molar-refractivity contribution is -0.185. The number of pyridine rings is 1. The fourth-order valence-electron chi connectivity index (χ4n) is 9.66. The molecular weight excluding hydrogens is 724 g/mol. The lowest BCUT2D eigenvalue weighted by Crippen LogP contribution is -2.63. The SMILES string of the molecule is CC[C@H](NC(=O)[C@@H]1C[C@@](C)(CC(=O)Nc2nccc3ccccc23)c2ncc(NCc3cccc(C(F)(F)F)c3)c(=O)n21)B1OC2C3CC(C[C@]2(C)O1)C3(C)C. The molecule has 1 saturated heterocycles. The molecule has 11 nitrogen and oxygen atoms in total. The molecule has 2 aromatic carbocycles. The van der Waals surface area contributed by atoms with E-state index in [-0.39, 0.29) is 48.3 Å². The van der Waals surface area contributed by atoms with Crippen molar-refractivity contribution in [3.8, 4) is 0 Å². The highest BCUT2D eigenvalue weighted by Gasteiger charge is 2.67. The van der Waals surface area contributed by atoms with Crippen molar-refractivity contribution >= 4 is 41.2 Å². The van der Waals surface area contributed by atoms with Crippen molar-refractivity contribution in [3.63, 3.8) is 0 Å². The molecule has 0 spiro atoms. The predicted molar refractivity (Wildman–Crippen MR) is 206 cm³/mol. The second-order valence-corrected chi connectivity index (χ2v) is 17.1. The zero-order valence-electron chi connectivity index (χ0n) is 32.1. The van der Waals surface area contributed by atoms with E-state index in [0.717, 1.165) is 35.7 Å². The van der Waals surface area contributed by atoms with Crippen LogP contribution >= 0.6 is 0 Å². The molecule has 5 aliphatic rings. The summed E-state index contributed by atoms with van der Waals surface area (Å²) in [6.45, 7) is 10.3. The van der Waals surface area contributed by atoms with Crippen molar-refractivity contribution in [2.75, 3.05) is 10.6 Å².